The minimum atomic E-state index is -0.116. The van der Waals surface area contributed by atoms with Crippen molar-refractivity contribution in [2.75, 3.05) is 7.11 Å². The zero-order valence-electron chi connectivity index (χ0n) is 11.9. The van der Waals surface area contributed by atoms with Crippen LogP contribution in [0, 0.1) is 9.49 Å². The van der Waals surface area contributed by atoms with E-state index in [1.54, 1.807) is 0 Å². The van der Waals surface area contributed by atoms with E-state index in [0.717, 1.165) is 25.2 Å². The average Bonchev–Trinajstić information content (AvgIpc) is 2.42. The van der Waals surface area contributed by atoms with Crippen molar-refractivity contribution in [3.05, 3.63) is 33.4 Å². The van der Waals surface area contributed by atoms with E-state index in [0.29, 0.717) is 0 Å². The van der Waals surface area contributed by atoms with Crippen molar-refractivity contribution >= 4 is 22.6 Å². The Balaban J connectivity index is 2.04. The first-order valence-corrected chi connectivity index (χ1v) is 8.19. The Kier molecular flexibility index (Phi) is 5.26. The fourth-order valence-electron chi connectivity index (χ4n) is 3.04. The van der Waals surface area contributed by atoms with Crippen molar-refractivity contribution < 1.29 is 4.74 Å². The van der Waals surface area contributed by atoms with Gasteiger partial charge in [-0.1, -0.05) is 19.1 Å². The molecule has 0 aromatic heterocycles. The first-order valence-electron chi connectivity index (χ1n) is 7.11. The van der Waals surface area contributed by atoms with E-state index in [9.17, 15) is 0 Å². The maximum Gasteiger partial charge on any atom is 0.0832 e. The molecule has 0 heterocycles. The van der Waals surface area contributed by atoms with Gasteiger partial charge in [-0.2, -0.15) is 0 Å². The van der Waals surface area contributed by atoms with Crippen molar-refractivity contribution in [3.8, 4) is 0 Å². The van der Waals surface area contributed by atoms with Crippen LogP contribution < -0.4 is 5.73 Å². The summed E-state index contributed by atoms with van der Waals surface area (Å²) in [7, 11) is 1.82. The average molecular weight is 373 g/mol. The van der Waals surface area contributed by atoms with E-state index in [1.165, 1.54) is 22.0 Å². The molecular weight excluding hydrogens is 349 g/mol. The summed E-state index contributed by atoms with van der Waals surface area (Å²) in [6, 6.07) is 8.73. The number of halogens is 1. The second-order valence-corrected chi connectivity index (χ2v) is 7.13. The maximum atomic E-state index is 6.48. The molecule has 1 aliphatic carbocycles. The van der Waals surface area contributed by atoms with Gasteiger partial charge in [-0.25, -0.2) is 0 Å². The summed E-state index contributed by atoms with van der Waals surface area (Å²) in [5.41, 5.74) is 7.68. The van der Waals surface area contributed by atoms with Gasteiger partial charge in [-0.15, -0.1) is 0 Å². The number of methoxy groups -OCH3 is 1. The third-order valence-corrected chi connectivity index (χ3v) is 5.29. The van der Waals surface area contributed by atoms with Crippen molar-refractivity contribution in [2.45, 2.75) is 50.7 Å². The molecule has 1 aromatic carbocycles. The van der Waals surface area contributed by atoms with Gasteiger partial charge >= 0.3 is 0 Å². The van der Waals surface area contributed by atoms with Gasteiger partial charge in [0.05, 0.1) is 5.60 Å². The molecule has 1 aromatic rings. The van der Waals surface area contributed by atoms with E-state index in [1.807, 2.05) is 7.11 Å². The minimum absolute atomic E-state index is 0.0880. The standard InChI is InChI=1S/C16H24INO/c1-12-7-9-16(19-2,10-8-12)15(18)11-13-3-5-14(17)6-4-13/h3-6,12,15H,7-11,18H2,1-2H3. The first kappa shape index (κ1) is 15.3. The summed E-state index contributed by atoms with van der Waals surface area (Å²) in [4.78, 5) is 0. The topological polar surface area (TPSA) is 35.2 Å². The zero-order valence-corrected chi connectivity index (χ0v) is 14.0. The Labute approximate surface area is 130 Å². The molecule has 0 amide bonds. The van der Waals surface area contributed by atoms with Crippen molar-refractivity contribution in [2.24, 2.45) is 11.7 Å². The number of hydrogen-bond donors (Lipinski definition) is 1. The molecule has 106 valence electrons. The van der Waals surface area contributed by atoms with Crippen molar-refractivity contribution in [1.29, 1.82) is 0 Å². The van der Waals surface area contributed by atoms with Crippen LogP contribution >= 0.6 is 22.6 Å². The van der Waals surface area contributed by atoms with Gasteiger partial charge in [0, 0.05) is 16.7 Å². The Morgan fingerprint density at radius 3 is 2.42 bits per heavy atom. The SMILES string of the molecule is COC1(C(N)Cc2ccc(I)cc2)CCC(C)CC1. The fourth-order valence-corrected chi connectivity index (χ4v) is 3.40. The molecule has 0 spiro atoms. The second kappa shape index (κ2) is 6.55. The molecule has 1 unspecified atom stereocenters. The van der Waals surface area contributed by atoms with Gasteiger partial charge in [0.25, 0.3) is 0 Å². The lowest BCUT2D eigenvalue weighted by atomic mass is 9.74. The van der Waals surface area contributed by atoms with Crippen LogP contribution in [-0.4, -0.2) is 18.8 Å². The predicted octanol–water partition coefficient (Wildman–Crippen LogP) is 3.76. The molecule has 19 heavy (non-hydrogen) atoms. The molecular formula is C16H24INO. The largest absolute Gasteiger partial charge is 0.377 e. The molecule has 3 heteroatoms. The van der Waals surface area contributed by atoms with Crippen LogP contribution in [0.3, 0.4) is 0 Å². The third-order valence-electron chi connectivity index (χ3n) is 4.57. The molecule has 1 fully saturated rings. The highest BCUT2D eigenvalue weighted by molar-refractivity contribution is 14.1. The van der Waals surface area contributed by atoms with Crippen LogP contribution in [0.15, 0.2) is 24.3 Å². The summed E-state index contributed by atoms with van der Waals surface area (Å²) in [6.07, 6.45) is 5.55. The highest BCUT2D eigenvalue weighted by Crippen LogP contribution is 2.37. The first-order chi connectivity index (χ1) is 9.05. The molecule has 2 N–H and O–H groups in total. The lowest BCUT2D eigenvalue weighted by Gasteiger charge is -2.42. The Morgan fingerprint density at radius 2 is 1.89 bits per heavy atom. The minimum Gasteiger partial charge on any atom is -0.377 e. The molecule has 2 rings (SSSR count). The molecule has 1 atom stereocenters. The molecule has 2 nitrogen and oxygen atoms in total. The number of benzene rings is 1. The summed E-state index contributed by atoms with van der Waals surface area (Å²) < 4.78 is 7.12. The number of nitrogens with two attached hydrogens (primary N) is 1. The van der Waals surface area contributed by atoms with Gasteiger partial charge < -0.3 is 10.5 Å². The van der Waals surface area contributed by atoms with Crippen LogP contribution in [0.5, 0.6) is 0 Å². The maximum absolute atomic E-state index is 6.48. The summed E-state index contributed by atoms with van der Waals surface area (Å²) in [6.45, 7) is 2.32. The summed E-state index contributed by atoms with van der Waals surface area (Å²) >= 11 is 2.33. The fraction of sp³-hybridized carbons (Fsp3) is 0.625. The number of ether oxygens (including phenoxy) is 1. The number of hydrogen-bond acceptors (Lipinski definition) is 2. The highest BCUT2D eigenvalue weighted by atomic mass is 127. The molecule has 0 radical (unpaired) electrons. The second-order valence-electron chi connectivity index (χ2n) is 5.89. The van der Waals surface area contributed by atoms with Crippen LogP contribution in [0.2, 0.25) is 0 Å². The Morgan fingerprint density at radius 1 is 1.32 bits per heavy atom. The van der Waals surface area contributed by atoms with Crippen LogP contribution in [-0.2, 0) is 11.2 Å². The molecule has 0 aliphatic heterocycles. The lowest BCUT2D eigenvalue weighted by molar-refractivity contribution is -0.0659. The zero-order chi connectivity index (χ0) is 13.9. The van der Waals surface area contributed by atoms with Gasteiger partial charge in [0.2, 0.25) is 0 Å². The van der Waals surface area contributed by atoms with E-state index in [-0.39, 0.29) is 11.6 Å². The quantitative estimate of drug-likeness (QED) is 0.816. The van der Waals surface area contributed by atoms with E-state index < -0.39 is 0 Å². The molecule has 0 bridgehead atoms. The summed E-state index contributed by atoms with van der Waals surface area (Å²) in [5.74, 6) is 0.814. The predicted molar refractivity (Wildman–Crippen MR) is 88.2 cm³/mol. The smallest absolute Gasteiger partial charge is 0.0832 e. The van der Waals surface area contributed by atoms with Gasteiger partial charge in [0.15, 0.2) is 0 Å². The molecule has 1 saturated carbocycles. The highest BCUT2D eigenvalue weighted by Gasteiger charge is 2.39. The Bertz CT molecular complexity index is 396. The van der Waals surface area contributed by atoms with Crippen LogP contribution in [0.4, 0.5) is 0 Å². The molecule has 0 saturated heterocycles. The van der Waals surface area contributed by atoms with Crippen molar-refractivity contribution in [3.63, 3.8) is 0 Å². The van der Waals surface area contributed by atoms with Crippen molar-refractivity contribution in [1.82, 2.24) is 0 Å². The monoisotopic (exact) mass is 373 g/mol. The van der Waals surface area contributed by atoms with E-state index >= 15 is 0 Å². The summed E-state index contributed by atoms with van der Waals surface area (Å²) in [5, 5.41) is 0. The van der Waals surface area contributed by atoms with Crippen LogP contribution in [0.25, 0.3) is 0 Å². The van der Waals surface area contributed by atoms with E-state index in [2.05, 4.69) is 53.8 Å². The van der Waals surface area contributed by atoms with Gasteiger partial charge in [-0.05, 0) is 78.3 Å². The normalized spacial score (nSPS) is 29.2. The van der Waals surface area contributed by atoms with Gasteiger partial charge in [0.1, 0.15) is 0 Å². The molecule has 1 aliphatic rings. The Hall–Kier alpha value is -0.130. The third kappa shape index (κ3) is 3.70. The van der Waals surface area contributed by atoms with Crippen LogP contribution in [0.1, 0.15) is 38.2 Å². The van der Waals surface area contributed by atoms with E-state index in [4.69, 9.17) is 10.5 Å². The lowest BCUT2D eigenvalue weighted by Crippen LogP contribution is -2.52. The number of rotatable bonds is 4. The van der Waals surface area contributed by atoms with Gasteiger partial charge in [-0.3, -0.25) is 0 Å².